The fraction of sp³-hybridized carbons (Fsp3) is 0.125. The SMILES string of the molecule is N#CC1=C(N)Oc2cc(OC(=O)C3COc4ccccc4O3)ccc2C1c1cccc(OCc2ccccc2F)c1. The lowest BCUT2D eigenvalue weighted by molar-refractivity contribution is -0.144. The molecule has 2 N–H and O–H groups in total. The van der Waals surface area contributed by atoms with E-state index in [0.29, 0.717) is 34.1 Å². The van der Waals surface area contributed by atoms with Gasteiger partial charge >= 0.3 is 5.97 Å². The van der Waals surface area contributed by atoms with Crippen molar-refractivity contribution in [1.82, 2.24) is 0 Å². The molecule has 4 aromatic carbocycles. The van der Waals surface area contributed by atoms with Gasteiger partial charge in [-0.25, -0.2) is 9.18 Å². The zero-order chi connectivity index (χ0) is 28.3. The number of benzene rings is 4. The van der Waals surface area contributed by atoms with E-state index in [0.717, 1.165) is 5.56 Å². The van der Waals surface area contributed by atoms with Crippen LogP contribution < -0.4 is 29.4 Å². The molecule has 204 valence electrons. The molecule has 0 fully saturated rings. The first-order valence-corrected chi connectivity index (χ1v) is 12.8. The molecule has 0 saturated carbocycles. The largest absolute Gasteiger partial charge is 0.489 e. The number of carbonyl (C=O) groups is 1. The molecule has 2 aliphatic heterocycles. The number of halogens is 1. The zero-order valence-corrected chi connectivity index (χ0v) is 21.6. The summed E-state index contributed by atoms with van der Waals surface area (Å²) in [7, 11) is 0. The highest BCUT2D eigenvalue weighted by Crippen LogP contribution is 2.44. The van der Waals surface area contributed by atoms with E-state index in [4.69, 9.17) is 29.4 Å². The Morgan fingerprint density at radius 3 is 2.59 bits per heavy atom. The summed E-state index contributed by atoms with van der Waals surface area (Å²) in [6.45, 7) is 0.0511. The van der Waals surface area contributed by atoms with E-state index < -0.39 is 18.0 Å². The van der Waals surface area contributed by atoms with E-state index in [1.54, 1.807) is 66.7 Å². The topological polar surface area (TPSA) is 113 Å². The molecule has 6 rings (SSSR count). The number of ether oxygens (including phenoxy) is 5. The number of fused-ring (bicyclic) bond motifs is 2. The molecule has 2 aliphatic rings. The summed E-state index contributed by atoms with van der Waals surface area (Å²) in [5.41, 5.74) is 8.16. The molecule has 2 atom stereocenters. The second kappa shape index (κ2) is 10.9. The molecule has 0 amide bonds. The van der Waals surface area contributed by atoms with Crippen LogP contribution in [0, 0.1) is 17.1 Å². The summed E-state index contributed by atoms with van der Waals surface area (Å²) < 4.78 is 42.6. The minimum absolute atomic E-state index is 0.00982. The van der Waals surface area contributed by atoms with Gasteiger partial charge in [-0.2, -0.15) is 5.26 Å². The van der Waals surface area contributed by atoms with Crippen LogP contribution in [0.1, 0.15) is 22.6 Å². The van der Waals surface area contributed by atoms with Gasteiger partial charge in [-0.3, -0.25) is 0 Å². The quantitative estimate of drug-likeness (QED) is 0.252. The number of esters is 1. The van der Waals surface area contributed by atoms with E-state index in [1.165, 1.54) is 12.1 Å². The molecule has 0 spiro atoms. The van der Waals surface area contributed by atoms with Crippen LogP contribution in [0.25, 0.3) is 0 Å². The van der Waals surface area contributed by atoms with Gasteiger partial charge in [-0.05, 0) is 42.0 Å². The summed E-state index contributed by atoms with van der Waals surface area (Å²) in [6.07, 6.45) is -0.947. The molecule has 2 heterocycles. The van der Waals surface area contributed by atoms with Gasteiger partial charge in [0.15, 0.2) is 11.5 Å². The second-order valence-corrected chi connectivity index (χ2v) is 9.36. The molecule has 0 saturated heterocycles. The smallest absolute Gasteiger partial charge is 0.356 e. The zero-order valence-electron chi connectivity index (χ0n) is 21.6. The number of allylic oxidation sites excluding steroid dienone is 1. The maximum Gasteiger partial charge on any atom is 0.356 e. The molecule has 41 heavy (non-hydrogen) atoms. The number of carbonyl (C=O) groups excluding carboxylic acids is 1. The van der Waals surface area contributed by atoms with E-state index in [2.05, 4.69) is 6.07 Å². The molecule has 8 nitrogen and oxygen atoms in total. The molecule has 0 aromatic heterocycles. The summed E-state index contributed by atoms with van der Waals surface area (Å²) >= 11 is 0. The van der Waals surface area contributed by atoms with Gasteiger partial charge in [0.25, 0.3) is 0 Å². The van der Waals surface area contributed by atoms with E-state index in [1.807, 2.05) is 12.1 Å². The molecule has 0 bridgehead atoms. The van der Waals surface area contributed by atoms with Gasteiger partial charge in [0, 0.05) is 17.2 Å². The average molecular weight is 551 g/mol. The van der Waals surface area contributed by atoms with Gasteiger partial charge in [0.2, 0.25) is 12.0 Å². The first-order valence-electron chi connectivity index (χ1n) is 12.8. The van der Waals surface area contributed by atoms with Crippen molar-refractivity contribution >= 4 is 5.97 Å². The number of para-hydroxylation sites is 2. The van der Waals surface area contributed by atoms with Gasteiger partial charge in [-0.1, -0.05) is 48.5 Å². The van der Waals surface area contributed by atoms with Crippen LogP contribution in [0.3, 0.4) is 0 Å². The number of hydrogen-bond donors (Lipinski definition) is 1. The van der Waals surface area contributed by atoms with Crippen molar-refractivity contribution in [3.05, 3.63) is 125 Å². The molecular formula is C32H23FN2O6. The van der Waals surface area contributed by atoms with Crippen LogP contribution >= 0.6 is 0 Å². The van der Waals surface area contributed by atoms with E-state index in [-0.39, 0.29) is 36.2 Å². The Labute approximate surface area is 234 Å². The van der Waals surface area contributed by atoms with E-state index >= 15 is 0 Å². The Morgan fingerprint density at radius 2 is 1.76 bits per heavy atom. The van der Waals surface area contributed by atoms with Crippen molar-refractivity contribution in [2.45, 2.75) is 18.6 Å². The van der Waals surface area contributed by atoms with Crippen molar-refractivity contribution in [3.63, 3.8) is 0 Å². The summed E-state index contributed by atoms with van der Waals surface area (Å²) in [5.74, 6) is 0.439. The molecular weight excluding hydrogens is 527 g/mol. The Kier molecular flexibility index (Phi) is 6.88. The average Bonchev–Trinajstić information content (AvgIpc) is 2.99. The third kappa shape index (κ3) is 5.23. The summed E-state index contributed by atoms with van der Waals surface area (Å²) in [4.78, 5) is 12.8. The number of rotatable bonds is 6. The van der Waals surface area contributed by atoms with Gasteiger partial charge in [0.05, 0.1) is 5.92 Å². The van der Waals surface area contributed by atoms with Crippen molar-refractivity contribution in [2.75, 3.05) is 6.61 Å². The first-order chi connectivity index (χ1) is 20.0. The number of nitrogens with zero attached hydrogens (tertiary/aromatic N) is 1. The van der Waals surface area contributed by atoms with Crippen LogP contribution in [0.2, 0.25) is 0 Å². The third-order valence-corrected chi connectivity index (χ3v) is 6.72. The second-order valence-electron chi connectivity index (χ2n) is 9.36. The Hall–Kier alpha value is -5.49. The van der Waals surface area contributed by atoms with Crippen LogP contribution in [-0.4, -0.2) is 18.7 Å². The van der Waals surface area contributed by atoms with Crippen molar-refractivity contribution in [2.24, 2.45) is 5.73 Å². The van der Waals surface area contributed by atoms with Gasteiger partial charge in [0.1, 0.15) is 47.9 Å². The van der Waals surface area contributed by atoms with Crippen LogP contribution in [-0.2, 0) is 11.4 Å². The maximum absolute atomic E-state index is 14.1. The summed E-state index contributed by atoms with van der Waals surface area (Å²) in [5, 5.41) is 9.92. The Balaban J connectivity index is 1.23. The predicted molar refractivity (Wildman–Crippen MR) is 145 cm³/mol. The monoisotopic (exact) mass is 550 g/mol. The number of nitriles is 1. The minimum atomic E-state index is -0.947. The highest BCUT2D eigenvalue weighted by Gasteiger charge is 2.33. The standard InChI is InChI=1S/C32H23FN2O6/c33-25-9-2-1-6-20(25)17-37-21-8-5-7-19(14-21)30-23-13-12-22(15-28(23)41-31(35)24(30)16-34)39-32(36)29-18-38-26-10-3-4-11-27(26)40-29/h1-15,29-30H,17-18,35H2. The Bertz CT molecular complexity index is 1710. The Morgan fingerprint density at radius 1 is 0.951 bits per heavy atom. The fourth-order valence-electron chi connectivity index (χ4n) is 4.72. The number of hydrogen-bond acceptors (Lipinski definition) is 8. The van der Waals surface area contributed by atoms with E-state index in [9.17, 15) is 14.4 Å². The lowest BCUT2D eigenvalue weighted by Gasteiger charge is -2.27. The molecule has 2 unspecified atom stereocenters. The first kappa shape index (κ1) is 25.8. The minimum Gasteiger partial charge on any atom is -0.489 e. The molecule has 0 radical (unpaired) electrons. The molecule has 0 aliphatic carbocycles. The van der Waals surface area contributed by atoms with Crippen LogP contribution in [0.4, 0.5) is 4.39 Å². The van der Waals surface area contributed by atoms with Crippen molar-refractivity contribution < 1.29 is 32.9 Å². The highest BCUT2D eigenvalue weighted by atomic mass is 19.1. The van der Waals surface area contributed by atoms with Crippen LogP contribution in [0.15, 0.2) is 102 Å². The maximum atomic E-state index is 14.1. The summed E-state index contributed by atoms with van der Waals surface area (Å²) in [6, 6.07) is 27.6. The molecule has 4 aromatic rings. The third-order valence-electron chi connectivity index (χ3n) is 6.72. The fourth-order valence-corrected chi connectivity index (χ4v) is 4.72. The molecule has 9 heteroatoms. The van der Waals surface area contributed by atoms with Gasteiger partial charge < -0.3 is 29.4 Å². The number of nitrogens with two attached hydrogens (primary N) is 1. The lowest BCUT2D eigenvalue weighted by Crippen LogP contribution is -2.39. The van der Waals surface area contributed by atoms with Crippen LogP contribution in [0.5, 0.6) is 28.7 Å². The highest BCUT2D eigenvalue weighted by molar-refractivity contribution is 5.78. The predicted octanol–water partition coefficient (Wildman–Crippen LogP) is 5.37. The van der Waals surface area contributed by atoms with Crippen molar-refractivity contribution in [3.8, 4) is 34.8 Å². The normalized spacial score (nSPS) is 17.1. The van der Waals surface area contributed by atoms with Crippen molar-refractivity contribution in [1.29, 1.82) is 5.26 Å². The van der Waals surface area contributed by atoms with Gasteiger partial charge in [-0.15, -0.1) is 0 Å². The lowest BCUT2D eigenvalue weighted by atomic mass is 9.83.